The number of hydrogen-bond acceptors (Lipinski definition) is 5. The molecule has 2 aromatic heterocycles. The first-order chi connectivity index (χ1) is 12.0. The van der Waals surface area contributed by atoms with Crippen molar-refractivity contribution in [3.8, 4) is 0 Å². The summed E-state index contributed by atoms with van der Waals surface area (Å²) in [6.45, 7) is 3.96. The Kier molecular flexibility index (Phi) is 4.05. The van der Waals surface area contributed by atoms with E-state index in [0.29, 0.717) is 12.4 Å². The summed E-state index contributed by atoms with van der Waals surface area (Å²) in [5, 5.41) is 9.89. The number of rotatable bonds is 3. The summed E-state index contributed by atoms with van der Waals surface area (Å²) < 4.78 is 1.78. The molecule has 0 amide bonds. The third kappa shape index (κ3) is 2.94. The van der Waals surface area contributed by atoms with E-state index >= 15 is 0 Å². The number of aliphatic hydroxyl groups excluding tert-OH is 1. The van der Waals surface area contributed by atoms with Crippen LogP contribution in [0.3, 0.4) is 0 Å². The molecular weight excluding hydrogens is 320 g/mol. The first kappa shape index (κ1) is 16.2. The van der Waals surface area contributed by atoms with Crippen LogP contribution in [-0.4, -0.2) is 44.2 Å². The number of nitrogens with one attached hydrogen (secondary N) is 1. The van der Waals surface area contributed by atoms with E-state index < -0.39 is 0 Å². The minimum atomic E-state index is -0.184. The van der Waals surface area contributed by atoms with Gasteiger partial charge in [-0.15, -0.1) is 0 Å². The van der Waals surface area contributed by atoms with Crippen LogP contribution in [0, 0.1) is 12.8 Å². The molecule has 25 heavy (non-hydrogen) atoms. The molecular formula is C18H22N4O3. The fourth-order valence-electron chi connectivity index (χ4n) is 4.45. The minimum absolute atomic E-state index is 0.0356. The minimum Gasteiger partial charge on any atom is -0.394 e. The van der Waals surface area contributed by atoms with Gasteiger partial charge in [-0.1, -0.05) is 6.07 Å². The Morgan fingerprint density at radius 1 is 1.32 bits per heavy atom. The number of pyridine rings is 1. The molecule has 2 N–H and O–H groups in total. The molecule has 4 rings (SSSR count). The molecule has 0 unspecified atom stereocenters. The SMILES string of the molecule is Cc1nc(CN2C[C@H]3C[C@@H](C2)[C@H](CO)n2c3cccc2=O)cc(=O)[nH]1. The lowest BCUT2D eigenvalue weighted by Gasteiger charge is -2.46. The van der Waals surface area contributed by atoms with Crippen LogP contribution in [-0.2, 0) is 6.54 Å². The third-order valence-electron chi connectivity index (χ3n) is 5.36. The molecule has 2 aromatic rings. The highest BCUT2D eigenvalue weighted by Gasteiger charge is 2.40. The number of piperidine rings is 1. The largest absolute Gasteiger partial charge is 0.394 e. The van der Waals surface area contributed by atoms with E-state index in [-0.39, 0.29) is 35.6 Å². The van der Waals surface area contributed by atoms with E-state index in [2.05, 4.69) is 14.9 Å². The lowest BCUT2D eigenvalue weighted by Crippen LogP contribution is -2.50. The number of fused-ring (bicyclic) bond motifs is 4. The van der Waals surface area contributed by atoms with Crippen LogP contribution < -0.4 is 11.1 Å². The zero-order valence-corrected chi connectivity index (χ0v) is 14.2. The highest BCUT2D eigenvalue weighted by molar-refractivity contribution is 5.19. The maximum absolute atomic E-state index is 12.3. The maximum atomic E-state index is 12.3. The highest BCUT2D eigenvalue weighted by Crippen LogP contribution is 2.40. The molecule has 7 heteroatoms. The Balaban J connectivity index is 1.64. The second-order valence-electron chi connectivity index (χ2n) is 7.12. The van der Waals surface area contributed by atoms with E-state index in [9.17, 15) is 14.7 Å². The predicted molar refractivity (Wildman–Crippen MR) is 92.5 cm³/mol. The number of aromatic amines is 1. The summed E-state index contributed by atoms with van der Waals surface area (Å²) in [7, 11) is 0. The Bertz CT molecular complexity index is 904. The summed E-state index contributed by atoms with van der Waals surface area (Å²) in [6.07, 6.45) is 0.979. The second-order valence-corrected chi connectivity index (χ2v) is 7.12. The van der Waals surface area contributed by atoms with Gasteiger partial charge in [0.25, 0.3) is 11.1 Å². The quantitative estimate of drug-likeness (QED) is 0.842. The molecule has 2 aliphatic heterocycles. The zero-order valence-electron chi connectivity index (χ0n) is 14.2. The van der Waals surface area contributed by atoms with Gasteiger partial charge in [0.05, 0.1) is 18.3 Å². The Morgan fingerprint density at radius 2 is 2.16 bits per heavy atom. The van der Waals surface area contributed by atoms with Crippen LogP contribution >= 0.6 is 0 Å². The Hall–Kier alpha value is -2.25. The van der Waals surface area contributed by atoms with Crippen molar-refractivity contribution in [1.29, 1.82) is 0 Å². The summed E-state index contributed by atoms with van der Waals surface area (Å²) in [5.74, 6) is 1.10. The number of aromatic nitrogens is 3. The van der Waals surface area contributed by atoms with Crippen LogP contribution in [0.15, 0.2) is 33.9 Å². The standard InChI is InChI=1S/C18H22N4O3/c1-11-19-14(6-17(24)20-11)9-21-7-12-5-13(8-21)16(10-23)22-15(12)3-2-4-18(22)25/h2-4,6,12-13,16,23H,5,7-10H2,1H3,(H,19,20,24)/t12-,13+,16+/m1/s1. The van der Waals surface area contributed by atoms with Gasteiger partial charge in [0.2, 0.25) is 0 Å². The zero-order chi connectivity index (χ0) is 17.6. The number of likely N-dealkylation sites (tertiary alicyclic amines) is 1. The molecule has 132 valence electrons. The lowest BCUT2D eigenvalue weighted by atomic mass is 9.78. The van der Waals surface area contributed by atoms with Crippen molar-refractivity contribution < 1.29 is 5.11 Å². The average Bonchev–Trinajstić information content (AvgIpc) is 2.55. The van der Waals surface area contributed by atoms with Gasteiger partial charge in [-0.3, -0.25) is 14.5 Å². The van der Waals surface area contributed by atoms with Crippen molar-refractivity contribution in [2.75, 3.05) is 19.7 Å². The van der Waals surface area contributed by atoms with E-state index in [4.69, 9.17) is 0 Å². The first-order valence-corrected chi connectivity index (χ1v) is 8.66. The molecule has 7 nitrogen and oxygen atoms in total. The average molecular weight is 342 g/mol. The number of hydrogen-bond donors (Lipinski definition) is 2. The summed E-state index contributed by atoms with van der Waals surface area (Å²) in [6, 6.07) is 6.71. The number of nitrogens with zero attached hydrogens (tertiary/aromatic N) is 3. The molecule has 2 aliphatic rings. The van der Waals surface area contributed by atoms with Crippen LogP contribution in [0.25, 0.3) is 0 Å². The van der Waals surface area contributed by atoms with Gasteiger partial charge in [-0.25, -0.2) is 4.98 Å². The topological polar surface area (TPSA) is 91.2 Å². The summed E-state index contributed by atoms with van der Waals surface area (Å²) >= 11 is 0. The van der Waals surface area contributed by atoms with Gasteiger partial charge in [-0.05, 0) is 25.3 Å². The normalized spacial score (nSPS) is 25.6. The van der Waals surface area contributed by atoms with Crippen molar-refractivity contribution in [3.05, 3.63) is 62.2 Å². The maximum Gasteiger partial charge on any atom is 0.251 e. The first-order valence-electron chi connectivity index (χ1n) is 8.66. The molecule has 3 atom stereocenters. The van der Waals surface area contributed by atoms with E-state index in [0.717, 1.165) is 30.9 Å². The molecule has 0 aromatic carbocycles. The molecule has 2 bridgehead atoms. The fraction of sp³-hybridized carbons (Fsp3) is 0.500. The van der Waals surface area contributed by atoms with Crippen molar-refractivity contribution in [2.24, 2.45) is 5.92 Å². The third-order valence-corrected chi connectivity index (χ3v) is 5.36. The molecule has 1 fully saturated rings. The van der Waals surface area contributed by atoms with E-state index in [1.165, 1.54) is 0 Å². The van der Waals surface area contributed by atoms with Gasteiger partial charge in [0, 0.05) is 43.4 Å². The van der Waals surface area contributed by atoms with Crippen LogP contribution in [0.1, 0.15) is 35.6 Å². The predicted octanol–water partition coefficient (Wildman–Crippen LogP) is 0.393. The lowest BCUT2D eigenvalue weighted by molar-refractivity contribution is 0.0574. The second kappa shape index (κ2) is 6.24. The molecule has 0 spiro atoms. The summed E-state index contributed by atoms with van der Waals surface area (Å²) in [5.41, 5.74) is 1.59. The van der Waals surface area contributed by atoms with Gasteiger partial charge >= 0.3 is 0 Å². The Labute approximate surface area is 145 Å². The molecule has 0 saturated carbocycles. The van der Waals surface area contributed by atoms with E-state index in [1.807, 2.05) is 6.07 Å². The van der Waals surface area contributed by atoms with Gasteiger partial charge in [0.1, 0.15) is 5.82 Å². The molecule has 4 heterocycles. The molecule has 0 aliphatic carbocycles. The Morgan fingerprint density at radius 3 is 2.92 bits per heavy atom. The molecule has 0 radical (unpaired) electrons. The highest BCUT2D eigenvalue weighted by atomic mass is 16.3. The van der Waals surface area contributed by atoms with Crippen molar-refractivity contribution in [3.63, 3.8) is 0 Å². The van der Waals surface area contributed by atoms with Gasteiger partial charge in [-0.2, -0.15) is 0 Å². The van der Waals surface area contributed by atoms with Crippen LogP contribution in [0.5, 0.6) is 0 Å². The molecule has 1 saturated heterocycles. The fourth-order valence-corrected chi connectivity index (χ4v) is 4.45. The van der Waals surface area contributed by atoms with Crippen LogP contribution in [0.4, 0.5) is 0 Å². The van der Waals surface area contributed by atoms with Crippen molar-refractivity contribution in [1.82, 2.24) is 19.4 Å². The van der Waals surface area contributed by atoms with Gasteiger partial charge < -0.3 is 14.7 Å². The smallest absolute Gasteiger partial charge is 0.251 e. The van der Waals surface area contributed by atoms with Crippen LogP contribution in [0.2, 0.25) is 0 Å². The van der Waals surface area contributed by atoms with Gasteiger partial charge in [0.15, 0.2) is 0 Å². The monoisotopic (exact) mass is 342 g/mol. The van der Waals surface area contributed by atoms with E-state index in [1.54, 1.807) is 29.7 Å². The summed E-state index contributed by atoms with van der Waals surface area (Å²) in [4.78, 5) is 33.3. The van der Waals surface area contributed by atoms with Crippen molar-refractivity contribution in [2.45, 2.75) is 31.8 Å². The number of aliphatic hydroxyl groups is 1. The number of H-pyrrole nitrogens is 1. The van der Waals surface area contributed by atoms with Crippen molar-refractivity contribution >= 4 is 0 Å². The number of aryl methyl sites for hydroxylation is 1.